The number of anilines is 1. The first-order valence-electron chi connectivity index (χ1n) is 5.68. The predicted molar refractivity (Wildman–Crippen MR) is 73.7 cm³/mol. The van der Waals surface area contributed by atoms with Gasteiger partial charge in [-0.25, -0.2) is 4.98 Å². The molecule has 0 saturated carbocycles. The van der Waals surface area contributed by atoms with Gasteiger partial charge in [0.1, 0.15) is 5.82 Å². The van der Waals surface area contributed by atoms with Gasteiger partial charge in [0.2, 0.25) is 0 Å². The van der Waals surface area contributed by atoms with Crippen LogP contribution in [-0.2, 0) is 0 Å². The van der Waals surface area contributed by atoms with E-state index in [0.717, 1.165) is 12.4 Å². The lowest BCUT2D eigenvalue weighted by atomic mass is 10.2. The molecule has 2 N–H and O–H groups in total. The number of pyridine rings is 1. The van der Waals surface area contributed by atoms with Crippen molar-refractivity contribution in [2.24, 2.45) is 0 Å². The van der Waals surface area contributed by atoms with E-state index in [1.165, 1.54) is 0 Å². The molecule has 1 atom stereocenters. The Balaban J connectivity index is 2.59. The van der Waals surface area contributed by atoms with Gasteiger partial charge in [-0.2, -0.15) is 11.8 Å². The minimum absolute atomic E-state index is 0.0487. The largest absolute Gasteiger partial charge is 0.370 e. The molecule has 1 amide bonds. The van der Waals surface area contributed by atoms with Crippen LogP contribution in [0.5, 0.6) is 0 Å². The Morgan fingerprint density at radius 1 is 1.59 bits per heavy atom. The van der Waals surface area contributed by atoms with E-state index in [9.17, 15) is 4.79 Å². The molecule has 0 aliphatic heterocycles. The Kier molecular flexibility index (Phi) is 5.83. The SMILES string of the molecule is CCNc1cc(C(=O)NCC(C)SC)ccn1. The lowest BCUT2D eigenvalue weighted by Crippen LogP contribution is -2.29. The smallest absolute Gasteiger partial charge is 0.251 e. The van der Waals surface area contributed by atoms with Crippen molar-refractivity contribution < 1.29 is 4.79 Å². The van der Waals surface area contributed by atoms with Crippen molar-refractivity contribution in [3.05, 3.63) is 23.9 Å². The fourth-order valence-electron chi connectivity index (χ4n) is 1.27. The van der Waals surface area contributed by atoms with Crippen LogP contribution in [0.25, 0.3) is 0 Å². The third-order valence-electron chi connectivity index (χ3n) is 2.33. The molecule has 1 rings (SSSR count). The van der Waals surface area contributed by atoms with Gasteiger partial charge < -0.3 is 10.6 Å². The molecule has 0 fully saturated rings. The van der Waals surface area contributed by atoms with Crippen LogP contribution in [0.15, 0.2) is 18.3 Å². The molecule has 0 saturated heterocycles. The molecule has 0 spiro atoms. The molecule has 1 heterocycles. The van der Waals surface area contributed by atoms with Crippen LogP contribution in [0.1, 0.15) is 24.2 Å². The number of amides is 1. The molecule has 5 heteroatoms. The van der Waals surface area contributed by atoms with Gasteiger partial charge in [-0.05, 0) is 25.3 Å². The van der Waals surface area contributed by atoms with Gasteiger partial charge in [0.15, 0.2) is 0 Å². The van der Waals surface area contributed by atoms with E-state index in [1.807, 2.05) is 13.2 Å². The predicted octanol–water partition coefficient (Wildman–Crippen LogP) is 1.99. The average molecular weight is 253 g/mol. The Hall–Kier alpha value is -1.23. The highest BCUT2D eigenvalue weighted by molar-refractivity contribution is 7.99. The number of nitrogens with zero attached hydrogens (tertiary/aromatic N) is 1. The highest BCUT2D eigenvalue weighted by Gasteiger charge is 2.07. The maximum atomic E-state index is 11.8. The zero-order chi connectivity index (χ0) is 12.7. The molecule has 1 aromatic rings. The molecule has 94 valence electrons. The summed E-state index contributed by atoms with van der Waals surface area (Å²) < 4.78 is 0. The summed E-state index contributed by atoms with van der Waals surface area (Å²) >= 11 is 1.73. The Labute approximate surface area is 107 Å². The molecule has 17 heavy (non-hydrogen) atoms. The van der Waals surface area contributed by atoms with E-state index >= 15 is 0 Å². The fraction of sp³-hybridized carbons (Fsp3) is 0.500. The summed E-state index contributed by atoms with van der Waals surface area (Å²) in [6.45, 7) is 5.55. The van der Waals surface area contributed by atoms with Gasteiger partial charge in [-0.15, -0.1) is 0 Å². The highest BCUT2D eigenvalue weighted by atomic mass is 32.2. The number of hydrogen-bond donors (Lipinski definition) is 2. The Morgan fingerprint density at radius 3 is 3.00 bits per heavy atom. The zero-order valence-corrected chi connectivity index (χ0v) is 11.3. The topological polar surface area (TPSA) is 54.0 Å². The maximum absolute atomic E-state index is 11.8. The van der Waals surface area contributed by atoms with Crippen molar-refractivity contribution in [1.82, 2.24) is 10.3 Å². The van der Waals surface area contributed by atoms with Crippen molar-refractivity contribution in [2.75, 3.05) is 24.7 Å². The summed E-state index contributed by atoms with van der Waals surface area (Å²) in [5, 5.41) is 6.41. The standard InChI is InChI=1S/C12H19N3OS/c1-4-13-11-7-10(5-6-14-11)12(16)15-8-9(2)17-3/h5-7,9H,4,8H2,1-3H3,(H,13,14)(H,15,16). The first-order chi connectivity index (χ1) is 8.17. The average Bonchev–Trinajstić information content (AvgIpc) is 2.36. The summed E-state index contributed by atoms with van der Waals surface area (Å²) in [6, 6.07) is 3.49. The van der Waals surface area contributed by atoms with Gasteiger partial charge in [-0.1, -0.05) is 6.92 Å². The van der Waals surface area contributed by atoms with E-state index in [0.29, 0.717) is 17.4 Å². The lowest BCUT2D eigenvalue weighted by Gasteiger charge is -2.10. The van der Waals surface area contributed by atoms with Crippen LogP contribution in [0.4, 0.5) is 5.82 Å². The molecule has 4 nitrogen and oxygen atoms in total. The van der Waals surface area contributed by atoms with Gasteiger partial charge in [0, 0.05) is 30.1 Å². The first kappa shape index (κ1) is 13.8. The van der Waals surface area contributed by atoms with E-state index in [1.54, 1.807) is 30.1 Å². The molecule has 0 radical (unpaired) electrons. The summed E-state index contributed by atoms with van der Waals surface area (Å²) in [5.74, 6) is 0.686. The molecular formula is C12H19N3OS. The Bertz CT molecular complexity index is 371. The summed E-state index contributed by atoms with van der Waals surface area (Å²) in [5.41, 5.74) is 0.643. The monoisotopic (exact) mass is 253 g/mol. The molecule has 0 aliphatic carbocycles. The molecule has 0 bridgehead atoms. The minimum Gasteiger partial charge on any atom is -0.370 e. The zero-order valence-electron chi connectivity index (χ0n) is 10.5. The van der Waals surface area contributed by atoms with Gasteiger partial charge in [0.05, 0.1) is 0 Å². The Morgan fingerprint density at radius 2 is 2.35 bits per heavy atom. The molecule has 0 aromatic carbocycles. The van der Waals surface area contributed by atoms with E-state index in [2.05, 4.69) is 22.5 Å². The van der Waals surface area contributed by atoms with Crippen LogP contribution in [0.2, 0.25) is 0 Å². The number of nitrogens with one attached hydrogen (secondary N) is 2. The summed E-state index contributed by atoms with van der Waals surface area (Å²) in [4.78, 5) is 16.0. The third-order valence-corrected chi connectivity index (χ3v) is 3.30. The number of rotatable bonds is 6. The van der Waals surface area contributed by atoms with Crippen molar-refractivity contribution in [3.8, 4) is 0 Å². The second-order valence-electron chi connectivity index (χ2n) is 3.72. The molecular weight excluding hydrogens is 234 g/mol. The van der Waals surface area contributed by atoms with Crippen molar-refractivity contribution in [1.29, 1.82) is 0 Å². The van der Waals surface area contributed by atoms with Crippen molar-refractivity contribution in [3.63, 3.8) is 0 Å². The second-order valence-corrected chi connectivity index (χ2v) is 4.99. The van der Waals surface area contributed by atoms with Crippen LogP contribution >= 0.6 is 11.8 Å². The van der Waals surface area contributed by atoms with Crippen molar-refractivity contribution in [2.45, 2.75) is 19.1 Å². The van der Waals surface area contributed by atoms with E-state index in [4.69, 9.17) is 0 Å². The van der Waals surface area contributed by atoms with Crippen LogP contribution in [0, 0.1) is 0 Å². The van der Waals surface area contributed by atoms with Crippen LogP contribution in [0.3, 0.4) is 0 Å². The van der Waals surface area contributed by atoms with Gasteiger partial charge >= 0.3 is 0 Å². The molecule has 1 aromatic heterocycles. The lowest BCUT2D eigenvalue weighted by molar-refractivity contribution is 0.0954. The quantitative estimate of drug-likeness (QED) is 0.814. The minimum atomic E-state index is -0.0487. The highest BCUT2D eigenvalue weighted by Crippen LogP contribution is 2.07. The molecule has 0 aliphatic rings. The normalized spacial score (nSPS) is 11.9. The fourth-order valence-corrected chi connectivity index (χ4v) is 1.52. The van der Waals surface area contributed by atoms with Crippen molar-refractivity contribution >= 4 is 23.5 Å². The summed E-state index contributed by atoms with van der Waals surface area (Å²) in [6.07, 6.45) is 3.68. The number of thioether (sulfide) groups is 1. The second kappa shape index (κ2) is 7.17. The first-order valence-corrected chi connectivity index (χ1v) is 6.97. The number of aromatic nitrogens is 1. The summed E-state index contributed by atoms with van der Waals surface area (Å²) in [7, 11) is 0. The van der Waals surface area contributed by atoms with Crippen LogP contribution in [-0.4, -0.2) is 35.5 Å². The van der Waals surface area contributed by atoms with Gasteiger partial charge in [-0.3, -0.25) is 4.79 Å². The van der Waals surface area contributed by atoms with E-state index in [-0.39, 0.29) is 5.91 Å². The number of carbonyl (C=O) groups excluding carboxylic acids is 1. The molecule has 1 unspecified atom stereocenters. The van der Waals surface area contributed by atoms with Gasteiger partial charge in [0.25, 0.3) is 5.91 Å². The number of carbonyl (C=O) groups is 1. The third kappa shape index (κ3) is 4.65. The maximum Gasteiger partial charge on any atom is 0.251 e. The van der Waals surface area contributed by atoms with E-state index < -0.39 is 0 Å². The van der Waals surface area contributed by atoms with Crippen LogP contribution < -0.4 is 10.6 Å². The number of hydrogen-bond acceptors (Lipinski definition) is 4.